The second kappa shape index (κ2) is 4.62. The first kappa shape index (κ1) is 12.1. The van der Waals surface area contributed by atoms with E-state index in [0.717, 1.165) is 22.6 Å². The van der Waals surface area contributed by atoms with Crippen molar-refractivity contribution in [1.82, 2.24) is 24.7 Å². The predicted molar refractivity (Wildman–Crippen MR) is 70.0 cm³/mol. The number of hydrogen-bond donors (Lipinski definition) is 0. The number of rotatable bonds is 3. The van der Waals surface area contributed by atoms with Gasteiger partial charge in [0.05, 0.1) is 12.4 Å². The summed E-state index contributed by atoms with van der Waals surface area (Å²) in [4.78, 5) is 13.1. The summed E-state index contributed by atoms with van der Waals surface area (Å²) >= 11 is 5.95. The van der Waals surface area contributed by atoms with Crippen LogP contribution < -0.4 is 0 Å². The molecule has 7 heteroatoms. The lowest BCUT2D eigenvalue weighted by atomic mass is 10.3. The number of nitrogens with zero attached hydrogens (tertiary/aromatic N) is 5. The fourth-order valence-corrected chi connectivity index (χ4v) is 2.20. The molecule has 0 aliphatic rings. The summed E-state index contributed by atoms with van der Waals surface area (Å²) in [6.07, 6.45) is 1.76. The molecule has 3 heterocycles. The Morgan fingerprint density at radius 3 is 2.84 bits per heavy atom. The minimum atomic E-state index is 0.312. The van der Waals surface area contributed by atoms with Crippen molar-refractivity contribution < 1.29 is 4.52 Å². The van der Waals surface area contributed by atoms with Crippen molar-refractivity contribution in [2.75, 3.05) is 0 Å². The maximum Gasteiger partial charge on any atom is 0.223 e. The Hall–Kier alpha value is -1.95. The van der Waals surface area contributed by atoms with Crippen LogP contribution in [0.1, 0.15) is 23.1 Å². The SMILES string of the molecule is Cc1nc(Cn2c(CCl)nc3c(C)ccnc32)no1. The van der Waals surface area contributed by atoms with Crippen molar-refractivity contribution in [3.63, 3.8) is 0 Å². The molecule has 0 saturated heterocycles. The van der Waals surface area contributed by atoms with Gasteiger partial charge in [0.25, 0.3) is 0 Å². The van der Waals surface area contributed by atoms with Crippen molar-refractivity contribution in [3.05, 3.63) is 35.4 Å². The van der Waals surface area contributed by atoms with Gasteiger partial charge in [-0.05, 0) is 18.6 Å². The third-order valence-electron chi connectivity index (χ3n) is 2.90. The molecule has 6 nitrogen and oxygen atoms in total. The van der Waals surface area contributed by atoms with Crippen LogP contribution >= 0.6 is 11.6 Å². The first-order chi connectivity index (χ1) is 9.19. The lowest BCUT2D eigenvalue weighted by Crippen LogP contribution is -2.06. The van der Waals surface area contributed by atoms with E-state index in [9.17, 15) is 0 Å². The molecule has 98 valence electrons. The van der Waals surface area contributed by atoms with Gasteiger partial charge in [-0.25, -0.2) is 9.97 Å². The van der Waals surface area contributed by atoms with Crippen molar-refractivity contribution in [2.24, 2.45) is 0 Å². The number of alkyl halides is 1. The highest BCUT2D eigenvalue weighted by atomic mass is 35.5. The zero-order valence-electron chi connectivity index (χ0n) is 10.6. The highest BCUT2D eigenvalue weighted by Gasteiger charge is 2.15. The molecule has 0 aromatic carbocycles. The van der Waals surface area contributed by atoms with Crippen LogP contribution in [0.2, 0.25) is 0 Å². The molecule has 3 aromatic heterocycles. The number of halogens is 1. The van der Waals surface area contributed by atoms with Gasteiger partial charge in [-0.15, -0.1) is 11.6 Å². The summed E-state index contributed by atoms with van der Waals surface area (Å²) in [6, 6.07) is 1.93. The Morgan fingerprint density at radius 1 is 1.32 bits per heavy atom. The second-order valence-electron chi connectivity index (χ2n) is 4.28. The molecule has 0 spiro atoms. The molecule has 0 atom stereocenters. The van der Waals surface area contributed by atoms with Gasteiger partial charge in [0.15, 0.2) is 11.5 Å². The van der Waals surface area contributed by atoms with Crippen LogP contribution in [0.4, 0.5) is 0 Å². The largest absolute Gasteiger partial charge is 0.340 e. The second-order valence-corrected chi connectivity index (χ2v) is 4.54. The molecule has 0 saturated carbocycles. The third kappa shape index (κ3) is 2.08. The molecular formula is C12H12ClN5O. The molecule has 0 aliphatic carbocycles. The summed E-state index contributed by atoms with van der Waals surface area (Å²) in [5.74, 6) is 2.19. The number of aryl methyl sites for hydroxylation is 2. The van der Waals surface area contributed by atoms with E-state index >= 15 is 0 Å². The monoisotopic (exact) mass is 277 g/mol. The highest BCUT2D eigenvalue weighted by Crippen LogP contribution is 2.19. The van der Waals surface area contributed by atoms with Crippen molar-refractivity contribution in [1.29, 1.82) is 0 Å². The van der Waals surface area contributed by atoms with E-state index in [1.165, 1.54) is 0 Å². The highest BCUT2D eigenvalue weighted by molar-refractivity contribution is 6.16. The van der Waals surface area contributed by atoms with Gasteiger partial charge >= 0.3 is 0 Å². The molecule has 0 aliphatic heterocycles. The molecule has 0 amide bonds. The Bertz CT molecular complexity index is 733. The summed E-state index contributed by atoms with van der Waals surface area (Å²) < 4.78 is 6.89. The average molecular weight is 278 g/mol. The molecule has 3 aromatic rings. The lowest BCUT2D eigenvalue weighted by molar-refractivity contribution is 0.386. The molecule has 0 unspecified atom stereocenters. The van der Waals surface area contributed by atoms with Crippen LogP contribution in [0.3, 0.4) is 0 Å². The number of pyridine rings is 1. The zero-order valence-corrected chi connectivity index (χ0v) is 11.3. The minimum absolute atomic E-state index is 0.312. The lowest BCUT2D eigenvalue weighted by Gasteiger charge is -2.03. The van der Waals surface area contributed by atoms with Gasteiger partial charge in [0.2, 0.25) is 5.89 Å². The summed E-state index contributed by atoms with van der Waals surface area (Å²) in [5.41, 5.74) is 2.72. The molecule has 19 heavy (non-hydrogen) atoms. The van der Waals surface area contributed by atoms with Crippen LogP contribution in [0, 0.1) is 13.8 Å². The summed E-state index contributed by atoms with van der Waals surface area (Å²) in [7, 11) is 0. The van der Waals surface area contributed by atoms with Crippen LogP contribution in [-0.2, 0) is 12.4 Å². The predicted octanol–water partition coefficient (Wildman–Crippen LogP) is 2.22. The number of hydrogen-bond acceptors (Lipinski definition) is 5. The van der Waals surface area contributed by atoms with E-state index in [4.69, 9.17) is 16.1 Å². The van der Waals surface area contributed by atoms with Crippen LogP contribution in [0.5, 0.6) is 0 Å². The fourth-order valence-electron chi connectivity index (χ4n) is 2.00. The van der Waals surface area contributed by atoms with E-state index < -0.39 is 0 Å². The van der Waals surface area contributed by atoms with Crippen LogP contribution in [0.15, 0.2) is 16.8 Å². The molecule has 0 N–H and O–H groups in total. The molecule has 0 fully saturated rings. The van der Waals surface area contributed by atoms with Gasteiger partial charge in [-0.1, -0.05) is 5.16 Å². The Kier molecular flexibility index (Phi) is 2.94. The van der Waals surface area contributed by atoms with Crippen molar-refractivity contribution in [3.8, 4) is 0 Å². The third-order valence-corrected chi connectivity index (χ3v) is 3.14. The van der Waals surface area contributed by atoms with E-state index in [-0.39, 0.29) is 0 Å². The average Bonchev–Trinajstić information content (AvgIpc) is 2.96. The van der Waals surface area contributed by atoms with E-state index in [1.54, 1.807) is 13.1 Å². The standard InChI is InChI=1S/C12H12ClN5O/c1-7-3-4-14-12-11(7)16-10(5-13)18(12)6-9-15-8(2)19-17-9/h3-4H,5-6H2,1-2H3. The normalized spacial score (nSPS) is 11.3. The van der Waals surface area contributed by atoms with Gasteiger partial charge in [-0.2, -0.15) is 4.98 Å². The van der Waals surface area contributed by atoms with Gasteiger partial charge in [0.1, 0.15) is 11.3 Å². The number of imidazole rings is 1. The zero-order chi connectivity index (χ0) is 13.4. The number of fused-ring (bicyclic) bond motifs is 1. The summed E-state index contributed by atoms with van der Waals surface area (Å²) in [5, 5.41) is 3.89. The minimum Gasteiger partial charge on any atom is -0.340 e. The number of aromatic nitrogens is 5. The van der Waals surface area contributed by atoms with E-state index in [1.807, 2.05) is 17.6 Å². The Balaban J connectivity index is 2.13. The van der Waals surface area contributed by atoms with E-state index in [0.29, 0.717) is 24.1 Å². The Labute approximate surface area is 114 Å². The van der Waals surface area contributed by atoms with Gasteiger partial charge < -0.3 is 9.09 Å². The van der Waals surface area contributed by atoms with Crippen LogP contribution in [-0.4, -0.2) is 24.7 Å². The van der Waals surface area contributed by atoms with E-state index in [2.05, 4.69) is 20.1 Å². The van der Waals surface area contributed by atoms with Crippen molar-refractivity contribution >= 4 is 22.8 Å². The summed E-state index contributed by atoms with van der Waals surface area (Å²) in [6.45, 7) is 4.21. The fraction of sp³-hybridized carbons (Fsp3) is 0.333. The van der Waals surface area contributed by atoms with Crippen molar-refractivity contribution in [2.45, 2.75) is 26.3 Å². The Morgan fingerprint density at radius 2 is 2.16 bits per heavy atom. The van der Waals surface area contributed by atoms with Gasteiger partial charge in [-0.3, -0.25) is 0 Å². The topological polar surface area (TPSA) is 69.6 Å². The first-order valence-electron chi connectivity index (χ1n) is 5.85. The first-order valence-corrected chi connectivity index (χ1v) is 6.38. The van der Waals surface area contributed by atoms with Gasteiger partial charge in [0, 0.05) is 13.1 Å². The smallest absolute Gasteiger partial charge is 0.223 e. The van der Waals surface area contributed by atoms with Crippen LogP contribution in [0.25, 0.3) is 11.2 Å². The maximum atomic E-state index is 5.95. The molecular weight excluding hydrogens is 266 g/mol. The quantitative estimate of drug-likeness (QED) is 0.687. The molecule has 0 radical (unpaired) electrons. The molecule has 0 bridgehead atoms. The molecule has 3 rings (SSSR count). The maximum absolute atomic E-state index is 5.95.